The van der Waals surface area contributed by atoms with Crippen LogP contribution in [0.1, 0.15) is 0 Å². The Balaban J connectivity index is 1.71. The van der Waals surface area contributed by atoms with Crippen molar-refractivity contribution in [3.8, 4) is 22.0 Å². The zero-order valence-corrected chi connectivity index (χ0v) is 15.8. The molecule has 0 saturated carbocycles. The van der Waals surface area contributed by atoms with Gasteiger partial charge in [0.05, 0.1) is 9.80 Å². The van der Waals surface area contributed by atoms with E-state index in [0.717, 1.165) is 10.7 Å². The molecule has 1 aromatic carbocycles. The standard InChI is InChI=1S/C18H13N5O2S2/c1-22-17(14-8-5-11-26-14)20-21-18(22)27-15-10-9-13(23(24)25)16(19-15)12-6-3-2-4-7-12/h2-11H,1H3. The molecule has 9 heteroatoms. The summed E-state index contributed by atoms with van der Waals surface area (Å²) in [5, 5.41) is 23.1. The molecule has 0 aliphatic heterocycles. The summed E-state index contributed by atoms with van der Waals surface area (Å²) in [4.78, 5) is 16.5. The first-order valence-electron chi connectivity index (χ1n) is 7.95. The SMILES string of the molecule is Cn1c(Sc2ccc([N+](=O)[O-])c(-c3ccccc3)n2)nnc1-c1cccs1. The van der Waals surface area contributed by atoms with E-state index in [1.165, 1.54) is 17.8 Å². The molecule has 0 radical (unpaired) electrons. The average molecular weight is 395 g/mol. The lowest BCUT2D eigenvalue weighted by molar-refractivity contribution is -0.384. The molecular weight excluding hydrogens is 382 g/mol. The van der Waals surface area contributed by atoms with E-state index in [1.54, 1.807) is 29.5 Å². The molecule has 4 rings (SSSR count). The highest BCUT2D eigenvalue weighted by Gasteiger charge is 2.19. The van der Waals surface area contributed by atoms with Gasteiger partial charge in [-0.15, -0.1) is 21.5 Å². The molecule has 0 bridgehead atoms. The van der Waals surface area contributed by atoms with Gasteiger partial charge in [0, 0.05) is 18.7 Å². The second-order valence-corrected chi connectivity index (χ2v) is 7.52. The summed E-state index contributed by atoms with van der Waals surface area (Å²) in [6.45, 7) is 0. The predicted molar refractivity (Wildman–Crippen MR) is 105 cm³/mol. The van der Waals surface area contributed by atoms with Gasteiger partial charge < -0.3 is 4.57 Å². The summed E-state index contributed by atoms with van der Waals surface area (Å²) >= 11 is 2.91. The summed E-state index contributed by atoms with van der Waals surface area (Å²) in [6.07, 6.45) is 0. The fraction of sp³-hybridized carbons (Fsp3) is 0.0556. The number of benzene rings is 1. The van der Waals surface area contributed by atoms with Gasteiger partial charge in [-0.25, -0.2) is 4.98 Å². The van der Waals surface area contributed by atoms with E-state index < -0.39 is 4.92 Å². The van der Waals surface area contributed by atoms with Gasteiger partial charge >= 0.3 is 0 Å². The normalized spacial score (nSPS) is 10.9. The van der Waals surface area contributed by atoms with Crippen LogP contribution in [-0.4, -0.2) is 24.7 Å². The Labute approximate surface area is 162 Å². The molecule has 134 valence electrons. The van der Waals surface area contributed by atoms with Crippen molar-refractivity contribution in [1.29, 1.82) is 0 Å². The second-order valence-electron chi connectivity index (χ2n) is 5.58. The van der Waals surface area contributed by atoms with Crippen molar-refractivity contribution in [3.63, 3.8) is 0 Å². The molecule has 0 unspecified atom stereocenters. The Morgan fingerprint density at radius 1 is 1.07 bits per heavy atom. The minimum atomic E-state index is -0.416. The maximum absolute atomic E-state index is 11.4. The summed E-state index contributed by atoms with van der Waals surface area (Å²) in [7, 11) is 1.89. The molecule has 3 aromatic heterocycles. The number of thiophene rings is 1. The number of aromatic nitrogens is 4. The van der Waals surface area contributed by atoms with E-state index in [1.807, 2.05) is 47.3 Å². The topological polar surface area (TPSA) is 86.7 Å². The van der Waals surface area contributed by atoms with Crippen LogP contribution in [0.2, 0.25) is 0 Å². The van der Waals surface area contributed by atoms with Crippen LogP contribution in [0.5, 0.6) is 0 Å². The van der Waals surface area contributed by atoms with Crippen LogP contribution in [0.25, 0.3) is 22.0 Å². The number of rotatable bonds is 5. The number of hydrogen-bond acceptors (Lipinski definition) is 7. The van der Waals surface area contributed by atoms with Gasteiger partial charge in [-0.05, 0) is 29.3 Å². The molecule has 27 heavy (non-hydrogen) atoms. The highest BCUT2D eigenvalue weighted by Crippen LogP contribution is 2.34. The summed E-state index contributed by atoms with van der Waals surface area (Å²) in [5.41, 5.74) is 1.01. The van der Waals surface area contributed by atoms with Crippen LogP contribution in [0.15, 0.2) is 70.2 Å². The molecule has 0 aliphatic carbocycles. The Hall–Kier alpha value is -3.04. The van der Waals surface area contributed by atoms with E-state index in [0.29, 0.717) is 21.4 Å². The molecule has 0 aliphatic rings. The quantitative estimate of drug-likeness (QED) is 0.361. The molecule has 0 saturated heterocycles. The lowest BCUT2D eigenvalue weighted by atomic mass is 10.1. The molecule has 0 spiro atoms. The molecule has 7 nitrogen and oxygen atoms in total. The van der Waals surface area contributed by atoms with Gasteiger partial charge in [0.2, 0.25) is 0 Å². The molecule has 0 atom stereocenters. The maximum atomic E-state index is 11.4. The minimum Gasteiger partial charge on any atom is -0.304 e. The number of nitro groups is 1. The van der Waals surface area contributed by atoms with Crippen molar-refractivity contribution in [2.75, 3.05) is 0 Å². The lowest BCUT2D eigenvalue weighted by Gasteiger charge is -2.06. The van der Waals surface area contributed by atoms with Crippen LogP contribution >= 0.6 is 23.1 Å². The smallest absolute Gasteiger partial charge is 0.295 e. The summed E-state index contributed by atoms with van der Waals surface area (Å²) < 4.78 is 1.89. The third-order valence-corrected chi connectivity index (χ3v) is 5.71. The Kier molecular flexibility index (Phi) is 4.69. The first kappa shape index (κ1) is 17.4. The first-order valence-corrected chi connectivity index (χ1v) is 9.65. The van der Waals surface area contributed by atoms with Crippen LogP contribution in [0, 0.1) is 10.1 Å². The third-order valence-electron chi connectivity index (χ3n) is 3.86. The average Bonchev–Trinajstić information content (AvgIpc) is 3.33. The van der Waals surface area contributed by atoms with Crippen molar-refractivity contribution in [2.45, 2.75) is 10.2 Å². The van der Waals surface area contributed by atoms with E-state index in [-0.39, 0.29) is 5.69 Å². The van der Waals surface area contributed by atoms with Gasteiger partial charge in [0.25, 0.3) is 5.69 Å². The van der Waals surface area contributed by atoms with Gasteiger partial charge in [-0.2, -0.15) is 0 Å². The number of nitrogens with zero attached hydrogens (tertiary/aromatic N) is 5. The summed E-state index contributed by atoms with van der Waals surface area (Å²) in [5.74, 6) is 0.776. The molecule has 0 fully saturated rings. The third kappa shape index (κ3) is 3.46. The number of pyridine rings is 1. The molecule has 0 N–H and O–H groups in total. The van der Waals surface area contributed by atoms with Crippen LogP contribution in [-0.2, 0) is 7.05 Å². The van der Waals surface area contributed by atoms with E-state index in [2.05, 4.69) is 15.2 Å². The van der Waals surface area contributed by atoms with Crippen LogP contribution in [0.3, 0.4) is 0 Å². The van der Waals surface area contributed by atoms with E-state index >= 15 is 0 Å². The fourth-order valence-electron chi connectivity index (χ4n) is 2.56. The second kappa shape index (κ2) is 7.29. The van der Waals surface area contributed by atoms with Gasteiger partial charge in [0.1, 0.15) is 10.7 Å². The Morgan fingerprint density at radius 3 is 2.59 bits per heavy atom. The van der Waals surface area contributed by atoms with Gasteiger partial charge in [-0.1, -0.05) is 36.4 Å². The zero-order chi connectivity index (χ0) is 18.8. The Bertz CT molecular complexity index is 1090. The van der Waals surface area contributed by atoms with Crippen molar-refractivity contribution >= 4 is 28.8 Å². The number of hydrogen-bond donors (Lipinski definition) is 0. The van der Waals surface area contributed by atoms with Gasteiger partial charge in [-0.3, -0.25) is 10.1 Å². The monoisotopic (exact) mass is 395 g/mol. The highest BCUT2D eigenvalue weighted by atomic mass is 32.2. The van der Waals surface area contributed by atoms with E-state index in [4.69, 9.17) is 0 Å². The van der Waals surface area contributed by atoms with Crippen LogP contribution < -0.4 is 0 Å². The lowest BCUT2D eigenvalue weighted by Crippen LogP contribution is -1.97. The molecule has 0 amide bonds. The van der Waals surface area contributed by atoms with Crippen molar-refractivity contribution in [1.82, 2.24) is 19.7 Å². The fourth-order valence-corrected chi connectivity index (χ4v) is 4.07. The zero-order valence-electron chi connectivity index (χ0n) is 14.1. The molecule has 4 aromatic rings. The molecular formula is C18H13N5O2S2. The molecule has 3 heterocycles. The van der Waals surface area contributed by atoms with Crippen molar-refractivity contribution < 1.29 is 4.92 Å². The largest absolute Gasteiger partial charge is 0.304 e. The minimum absolute atomic E-state index is 0.0252. The maximum Gasteiger partial charge on any atom is 0.295 e. The first-order chi connectivity index (χ1) is 13.1. The highest BCUT2D eigenvalue weighted by molar-refractivity contribution is 7.99. The van der Waals surface area contributed by atoms with Crippen molar-refractivity contribution in [3.05, 3.63) is 70.1 Å². The predicted octanol–water partition coefficient (Wildman–Crippen LogP) is 4.67. The van der Waals surface area contributed by atoms with E-state index in [9.17, 15) is 10.1 Å². The van der Waals surface area contributed by atoms with Gasteiger partial charge in [0.15, 0.2) is 11.0 Å². The summed E-state index contributed by atoms with van der Waals surface area (Å²) in [6, 6.07) is 16.2. The Morgan fingerprint density at radius 2 is 1.89 bits per heavy atom. The van der Waals surface area contributed by atoms with Crippen LogP contribution in [0.4, 0.5) is 5.69 Å². The van der Waals surface area contributed by atoms with Crippen molar-refractivity contribution in [2.24, 2.45) is 7.05 Å².